The Morgan fingerprint density at radius 2 is 1.72 bits per heavy atom. The Labute approximate surface area is 170 Å². The lowest BCUT2D eigenvalue weighted by Crippen LogP contribution is -1.90. The van der Waals surface area contributed by atoms with E-state index in [1.54, 1.807) is 6.26 Å². The van der Waals surface area contributed by atoms with Crippen LogP contribution in [0.15, 0.2) is 18.2 Å². The second-order valence-electron chi connectivity index (χ2n) is 5.94. The molecule has 0 saturated heterocycles. The fourth-order valence-electron chi connectivity index (χ4n) is 2.65. The van der Waals surface area contributed by atoms with Gasteiger partial charge in [-0.25, -0.2) is 0 Å². The largest absolute Gasteiger partial charge is 0.192 e. The predicted molar refractivity (Wildman–Crippen MR) is 122 cm³/mol. The van der Waals surface area contributed by atoms with E-state index in [0.717, 1.165) is 33.5 Å². The summed E-state index contributed by atoms with van der Waals surface area (Å²) in [4.78, 5) is 0. The van der Waals surface area contributed by atoms with Crippen LogP contribution in [0.3, 0.4) is 0 Å². The first-order valence-corrected chi connectivity index (χ1v) is 11.0. The van der Waals surface area contributed by atoms with Crippen LogP contribution in [0, 0.1) is 31.1 Å². The minimum atomic E-state index is 0.747. The maximum Gasteiger partial charge on any atom is 0.0994 e. The van der Waals surface area contributed by atoms with Gasteiger partial charge in [-0.2, -0.15) is 17.9 Å². The Hall–Kier alpha value is -0.720. The van der Waals surface area contributed by atoms with Crippen molar-refractivity contribution in [2.75, 3.05) is 6.26 Å². The molecule has 0 atom stereocenters. The molecule has 0 N–H and O–H groups in total. The Bertz CT molecular complexity index is 538. The van der Waals surface area contributed by atoms with Crippen molar-refractivity contribution in [3.05, 3.63) is 40.5 Å². The third-order valence-corrected chi connectivity index (χ3v) is 4.73. The normalized spacial score (nSPS) is 13.4. The highest BCUT2D eigenvalue weighted by molar-refractivity contribution is 9.15. The molecule has 1 fully saturated rings. The van der Waals surface area contributed by atoms with Crippen molar-refractivity contribution >= 4 is 33.0 Å². The number of benzene rings is 1. The maximum absolute atomic E-state index is 8.96. The summed E-state index contributed by atoms with van der Waals surface area (Å²) in [6.07, 6.45) is 10.7. The van der Waals surface area contributed by atoms with Gasteiger partial charge in [0.25, 0.3) is 0 Å². The van der Waals surface area contributed by atoms with E-state index in [0.29, 0.717) is 0 Å². The Balaban J connectivity index is 0. The lowest BCUT2D eigenvalue weighted by molar-refractivity contribution is 0.612. The fourth-order valence-corrected chi connectivity index (χ4v) is 3.40. The lowest BCUT2D eigenvalue weighted by Gasteiger charge is -2.07. The summed E-state index contributed by atoms with van der Waals surface area (Å²) in [7, 11) is 0. The first kappa shape index (κ1) is 26.5. The highest BCUT2D eigenvalue weighted by Crippen LogP contribution is 2.27. The molecule has 0 amide bonds. The fraction of sp³-hybridized carbons (Fsp3) is 0.591. The summed E-state index contributed by atoms with van der Waals surface area (Å²) in [6, 6.07) is 6.21. The molecule has 142 valence electrons. The van der Waals surface area contributed by atoms with Crippen molar-refractivity contribution in [2.24, 2.45) is 5.92 Å². The van der Waals surface area contributed by atoms with Gasteiger partial charge in [-0.15, -0.1) is 0 Å². The van der Waals surface area contributed by atoms with Gasteiger partial charge in [0.1, 0.15) is 0 Å². The number of allylic oxidation sites excluding steroid dienone is 1. The Morgan fingerprint density at radius 3 is 2.08 bits per heavy atom. The summed E-state index contributed by atoms with van der Waals surface area (Å²) in [6.45, 7) is 12.5. The molecule has 0 spiro atoms. The van der Waals surface area contributed by atoms with Gasteiger partial charge in [0, 0.05) is 4.48 Å². The van der Waals surface area contributed by atoms with Gasteiger partial charge in [0.2, 0.25) is 0 Å². The van der Waals surface area contributed by atoms with Crippen LogP contribution in [0.5, 0.6) is 0 Å². The third-order valence-electron chi connectivity index (χ3n) is 3.98. The minimum Gasteiger partial charge on any atom is -0.192 e. The zero-order valence-electron chi connectivity index (χ0n) is 17.1. The van der Waals surface area contributed by atoms with Crippen LogP contribution in [0.4, 0.5) is 0 Å². The summed E-state index contributed by atoms with van der Waals surface area (Å²) in [5, 5.41) is 8.96. The van der Waals surface area contributed by atoms with Crippen LogP contribution in [0.25, 0.3) is 4.48 Å². The molecule has 1 aromatic carbocycles. The van der Waals surface area contributed by atoms with E-state index in [1.165, 1.54) is 31.2 Å². The molecule has 1 aliphatic carbocycles. The molecule has 25 heavy (non-hydrogen) atoms. The van der Waals surface area contributed by atoms with Crippen molar-refractivity contribution in [3.8, 4) is 6.07 Å². The molecule has 0 aliphatic heterocycles. The molecule has 1 aromatic rings. The summed E-state index contributed by atoms with van der Waals surface area (Å²) >= 11 is 7.06. The van der Waals surface area contributed by atoms with Crippen molar-refractivity contribution in [1.82, 2.24) is 0 Å². The smallest absolute Gasteiger partial charge is 0.0994 e. The van der Waals surface area contributed by atoms with E-state index < -0.39 is 0 Å². The average Bonchev–Trinajstić information content (AvgIpc) is 3.10. The number of aryl methyl sites for hydroxylation is 2. The van der Waals surface area contributed by atoms with Gasteiger partial charge in [-0.3, -0.25) is 0 Å². The van der Waals surface area contributed by atoms with E-state index >= 15 is 0 Å². The van der Waals surface area contributed by atoms with Crippen LogP contribution in [-0.4, -0.2) is 6.26 Å². The molecule has 0 radical (unpaired) electrons. The first-order valence-electron chi connectivity index (χ1n) is 9.31. The maximum atomic E-state index is 8.96. The highest BCUT2D eigenvalue weighted by Gasteiger charge is 2.07. The topological polar surface area (TPSA) is 23.8 Å². The molecule has 1 aliphatic rings. The second-order valence-corrected chi connectivity index (χ2v) is 6.80. The zero-order chi connectivity index (χ0) is 19.8. The molecule has 2 rings (SSSR count). The molecule has 0 bridgehead atoms. The van der Waals surface area contributed by atoms with Crippen LogP contribution in [0.2, 0.25) is 0 Å². The molecule has 1 nitrogen and oxygen atoms in total. The minimum absolute atomic E-state index is 0.747. The zero-order valence-corrected chi connectivity index (χ0v) is 19.6. The second kappa shape index (κ2) is 16.7. The van der Waals surface area contributed by atoms with Crippen LogP contribution >= 0.6 is 28.6 Å². The molecule has 0 unspecified atom stereocenters. The number of thiol groups is 1. The first-order chi connectivity index (χ1) is 12.0. The van der Waals surface area contributed by atoms with Gasteiger partial charge in [-0.05, 0) is 55.2 Å². The van der Waals surface area contributed by atoms with Crippen LogP contribution < -0.4 is 0 Å². The van der Waals surface area contributed by atoms with Gasteiger partial charge in [-0.1, -0.05) is 81.5 Å². The van der Waals surface area contributed by atoms with E-state index in [2.05, 4.69) is 67.5 Å². The van der Waals surface area contributed by atoms with E-state index in [1.807, 2.05) is 26.8 Å². The van der Waals surface area contributed by atoms with E-state index in [9.17, 15) is 0 Å². The molecule has 0 aromatic heterocycles. The summed E-state index contributed by atoms with van der Waals surface area (Å²) < 4.78 is 1.07. The third kappa shape index (κ3) is 10.8. The molecule has 0 heterocycles. The number of hydrogen-bond acceptors (Lipinski definition) is 2. The van der Waals surface area contributed by atoms with E-state index in [4.69, 9.17) is 5.26 Å². The monoisotopic (exact) mass is 425 g/mol. The van der Waals surface area contributed by atoms with Crippen molar-refractivity contribution < 1.29 is 0 Å². The van der Waals surface area contributed by atoms with Crippen molar-refractivity contribution in [1.29, 1.82) is 5.26 Å². The van der Waals surface area contributed by atoms with E-state index in [-0.39, 0.29) is 0 Å². The van der Waals surface area contributed by atoms with Gasteiger partial charge in [0.05, 0.1) is 11.6 Å². The highest BCUT2D eigenvalue weighted by atomic mass is 79.9. The average molecular weight is 427 g/mol. The molecular weight excluding hydrogens is 390 g/mol. The van der Waals surface area contributed by atoms with Crippen LogP contribution in [-0.2, 0) is 0 Å². The van der Waals surface area contributed by atoms with Gasteiger partial charge in [0.15, 0.2) is 0 Å². The summed E-state index contributed by atoms with van der Waals surface area (Å²) in [5.41, 5.74) is 4.09. The standard InChI is InChI=1S/C13H14BrN.C6H12.C2H6.CH4S/c1-4-5-13(14)12-7-11(8-15)9(2)6-10(12)3;1-6-4-2-3-5-6;2*1-2/h5-7H,4H2,1-3H3;6H,2-5H2,1H3;1-2H3;2H,1H3/b13-5+;;;. The quantitative estimate of drug-likeness (QED) is 0.475. The van der Waals surface area contributed by atoms with Gasteiger partial charge < -0.3 is 0 Å². The lowest BCUT2D eigenvalue weighted by atomic mass is 10.00. The number of nitriles is 1. The number of nitrogens with zero attached hydrogens (tertiary/aromatic N) is 1. The number of halogens is 1. The predicted octanol–water partition coefficient (Wildman–Crippen LogP) is 8.09. The molecule has 3 heteroatoms. The molecule has 1 saturated carbocycles. The van der Waals surface area contributed by atoms with Crippen molar-refractivity contribution in [2.45, 2.75) is 73.6 Å². The van der Waals surface area contributed by atoms with Gasteiger partial charge >= 0.3 is 0 Å². The van der Waals surface area contributed by atoms with Crippen LogP contribution in [0.1, 0.15) is 82.1 Å². The van der Waals surface area contributed by atoms with Crippen molar-refractivity contribution in [3.63, 3.8) is 0 Å². The Morgan fingerprint density at radius 1 is 1.20 bits per heavy atom. The molecular formula is C22H36BrNS. The Kier molecular flexibility index (Phi) is 17.7. The number of rotatable bonds is 2. The summed E-state index contributed by atoms with van der Waals surface area (Å²) in [5.74, 6) is 1.05. The SMILES string of the molecule is CC.CC/C=C(/Br)c1cc(C#N)c(C)cc1C.CC1CCCC1.CS. The number of hydrogen-bond donors (Lipinski definition) is 1.